The van der Waals surface area contributed by atoms with Crippen molar-refractivity contribution < 1.29 is 22.7 Å². The van der Waals surface area contributed by atoms with Gasteiger partial charge in [0.2, 0.25) is 15.9 Å². The number of benzene rings is 2. The lowest BCUT2D eigenvalue weighted by molar-refractivity contribution is -0.123. The largest absolute Gasteiger partial charge is 0.479 e. The number of nitrogens with zero attached hydrogens (tertiary/aromatic N) is 1. The minimum Gasteiger partial charge on any atom is -0.479 e. The summed E-state index contributed by atoms with van der Waals surface area (Å²) >= 11 is 6.05. The Labute approximate surface area is 198 Å². The zero-order chi connectivity index (χ0) is 23.9. The fourth-order valence-electron chi connectivity index (χ4n) is 4.10. The maximum atomic E-state index is 13.5. The van der Waals surface area contributed by atoms with E-state index in [-0.39, 0.29) is 23.3 Å². The van der Waals surface area contributed by atoms with Crippen LogP contribution in [0.25, 0.3) is 0 Å². The van der Waals surface area contributed by atoms with Gasteiger partial charge in [0.15, 0.2) is 6.10 Å². The summed E-state index contributed by atoms with van der Waals surface area (Å²) in [5, 5.41) is 6.13. The van der Waals surface area contributed by atoms with Crippen LogP contribution in [0.1, 0.15) is 30.9 Å². The van der Waals surface area contributed by atoms with Gasteiger partial charge in [-0.1, -0.05) is 17.7 Å². The summed E-state index contributed by atoms with van der Waals surface area (Å²) in [6.45, 7) is 5.55. The van der Waals surface area contributed by atoms with Crippen LogP contribution in [0.15, 0.2) is 35.2 Å². The molecule has 2 aliphatic rings. The number of halogens is 1. The number of aryl methyl sites for hydroxylation is 2. The maximum Gasteiger partial charge on any atom is 0.265 e. The number of piperidine rings is 1. The second-order valence-electron chi connectivity index (χ2n) is 8.51. The van der Waals surface area contributed by atoms with Crippen LogP contribution < -0.4 is 15.4 Å². The SMILES string of the molecule is Cc1ccc(Cl)cc1NC(=O)[C@@H]1CCCN(S(=O)(=O)c2cc3c(cc2C)NC(=O)[C@H](C)O3)C1. The molecule has 0 saturated carbocycles. The maximum absolute atomic E-state index is 13.5. The number of sulfonamides is 1. The smallest absolute Gasteiger partial charge is 0.265 e. The van der Waals surface area contributed by atoms with Gasteiger partial charge in [-0.05, 0) is 62.9 Å². The second-order valence-corrected chi connectivity index (χ2v) is 10.9. The number of fused-ring (bicyclic) bond motifs is 1. The summed E-state index contributed by atoms with van der Waals surface area (Å²) in [6.07, 6.45) is 0.445. The van der Waals surface area contributed by atoms with Gasteiger partial charge in [0, 0.05) is 29.9 Å². The number of hydrogen-bond donors (Lipinski definition) is 2. The first-order chi connectivity index (χ1) is 15.6. The third-order valence-electron chi connectivity index (χ3n) is 6.04. The summed E-state index contributed by atoms with van der Waals surface area (Å²) in [5.74, 6) is -0.686. The van der Waals surface area contributed by atoms with Crippen molar-refractivity contribution in [2.45, 2.75) is 44.6 Å². The second kappa shape index (κ2) is 8.96. The molecule has 2 N–H and O–H groups in total. The molecular weight excluding hydrogens is 466 g/mol. The predicted molar refractivity (Wildman–Crippen MR) is 126 cm³/mol. The minimum atomic E-state index is -3.87. The average Bonchev–Trinajstić information content (AvgIpc) is 2.77. The van der Waals surface area contributed by atoms with Gasteiger partial charge in [0.05, 0.1) is 16.5 Å². The Kier molecular flexibility index (Phi) is 6.39. The average molecular weight is 492 g/mol. The Balaban J connectivity index is 1.55. The normalized spacial score (nSPS) is 21.0. The highest BCUT2D eigenvalue weighted by molar-refractivity contribution is 7.89. The predicted octanol–water partition coefficient (Wildman–Crippen LogP) is 3.72. The molecule has 10 heteroatoms. The molecule has 0 radical (unpaired) electrons. The van der Waals surface area contributed by atoms with Crippen LogP contribution in [0.4, 0.5) is 11.4 Å². The van der Waals surface area contributed by atoms with Crippen molar-refractivity contribution in [3.63, 3.8) is 0 Å². The van der Waals surface area contributed by atoms with Gasteiger partial charge in [-0.2, -0.15) is 4.31 Å². The summed E-state index contributed by atoms with van der Waals surface area (Å²) in [5.41, 5.74) is 2.43. The molecule has 1 saturated heterocycles. The molecule has 2 aromatic carbocycles. The van der Waals surface area contributed by atoms with Gasteiger partial charge in [-0.25, -0.2) is 8.42 Å². The van der Waals surface area contributed by atoms with Gasteiger partial charge >= 0.3 is 0 Å². The van der Waals surface area contributed by atoms with Crippen molar-refractivity contribution in [3.8, 4) is 5.75 Å². The fraction of sp³-hybridized carbons (Fsp3) is 0.391. The van der Waals surface area contributed by atoms with Crippen molar-refractivity contribution in [3.05, 3.63) is 46.5 Å². The number of hydrogen-bond acceptors (Lipinski definition) is 5. The molecular formula is C23H26ClN3O5S. The van der Waals surface area contributed by atoms with Gasteiger partial charge in [-0.15, -0.1) is 0 Å². The van der Waals surface area contributed by atoms with Gasteiger partial charge in [-0.3, -0.25) is 9.59 Å². The topological polar surface area (TPSA) is 105 Å². The number of anilines is 2. The van der Waals surface area contributed by atoms with Crippen molar-refractivity contribution in [1.82, 2.24) is 4.31 Å². The lowest BCUT2D eigenvalue weighted by Crippen LogP contribution is -2.44. The number of ether oxygens (including phenoxy) is 1. The van der Waals surface area contributed by atoms with Crippen LogP contribution in [0.2, 0.25) is 5.02 Å². The molecule has 0 unspecified atom stereocenters. The Morgan fingerprint density at radius 1 is 1.21 bits per heavy atom. The van der Waals surface area contributed by atoms with Crippen LogP contribution in [0.5, 0.6) is 5.75 Å². The van der Waals surface area contributed by atoms with E-state index in [1.165, 1.54) is 10.4 Å². The Hall–Kier alpha value is -2.62. The van der Waals surface area contributed by atoms with Gasteiger partial charge in [0.1, 0.15) is 5.75 Å². The van der Waals surface area contributed by atoms with E-state index in [4.69, 9.17) is 16.3 Å². The highest BCUT2D eigenvalue weighted by Crippen LogP contribution is 2.36. The summed E-state index contributed by atoms with van der Waals surface area (Å²) < 4.78 is 33.9. The molecule has 176 valence electrons. The molecule has 2 aliphatic heterocycles. The lowest BCUT2D eigenvalue weighted by Gasteiger charge is -2.32. The van der Waals surface area contributed by atoms with E-state index in [9.17, 15) is 18.0 Å². The van der Waals surface area contributed by atoms with Crippen LogP contribution in [-0.2, 0) is 19.6 Å². The van der Waals surface area contributed by atoms with Crippen LogP contribution in [0.3, 0.4) is 0 Å². The molecule has 0 spiro atoms. The number of amides is 2. The fourth-order valence-corrected chi connectivity index (χ4v) is 6.02. The number of nitrogens with one attached hydrogen (secondary N) is 2. The lowest BCUT2D eigenvalue weighted by atomic mass is 9.98. The van der Waals surface area contributed by atoms with Crippen molar-refractivity contribution in [2.75, 3.05) is 23.7 Å². The zero-order valence-corrected chi connectivity index (χ0v) is 20.2. The first-order valence-corrected chi connectivity index (χ1v) is 12.6. The highest BCUT2D eigenvalue weighted by atomic mass is 35.5. The highest BCUT2D eigenvalue weighted by Gasteiger charge is 2.35. The molecule has 33 heavy (non-hydrogen) atoms. The monoisotopic (exact) mass is 491 g/mol. The quantitative estimate of drug-likeness (QED) is 0.678. The molecule has 0 aliphatic carbocycles. The van der Waals surface area contributed by atoms with Crippen molar-refractivity contribution >= 4 is 44.8 Å². The Bertz CT molecular complexity index is 1230. The molecule has 4 rings (SSSR count). The van der Waals surface area contributed by atoms with E-state index in [0.29, 0.717) is 47.1 Å². The van der Waals surface area contributed by atoms with Gasteiger partial charge in [0.25, 0.3) is 5.91 Å². The standard InChI is InChI=1S/C23H26ClN3O5S/c1-13-6-7-17(24)10-18(13)25-23(29)16-5-4-8-27(12-16)33(30,31)21-11-20-19(9-14(21)2)26-22(28)15(3)32-20/h6-7,9-11,15-16H,4-5,8,12H2,1-3H3,(H,25,29)(H,26,28)/t15-,16+/m0/s1. The molecule has 1 fully saturated rings. The summed E-state index contributed by atoms with van der Waals surface area (Å²) in [7, 11) is -3.87. The van der Waals surface area contributed by atoms with E-state index in [1.807, 2.05) is 13.0 Å². The van der Waals surface area contributed by atoms with E-state index in [1.54, 1.807) is 32.0 Å². The van der Waals surface area contributed by atoms with E-state index >= 15 is 0 Å². The molecule has 8 nitrogen and oxygen atoms in total. The Morgan fingerprint density at radius 2 is 1.97 bits per heavy atom. The van der Waals surface area contributed by atoms with Gasteiger partial charge < -0.3 is 15.4 Å². The molecule has 2 atom stereocenters. The third kappa shape index (κ3) is 4.71. The zero-order valence-electron chi connectivity index (χ0n) is 18.6. The van der Waals surface area contributed by atoms with Crippen molar-refractivity contribution in [1.29, 1.82) is 0 Å². The third-order valence-corrected chi connectivity index (χ3v) is 8.28. The molecule has 2 aromatic rings. The first-order valence-electron chi connectivity index (χ1n) is 10.8. The molecule has 2 amide bonds. The number of rotatable bonds is 4. The number of carbonyl (C=O) groups excluding carboxylic acids is 2. The summed E-state index contributed by atoms with van der Waals surface area (Å²) in [4.78, 5) is 24.9. The van der Waals surface area contributed by atoms with Crippen molar-refractivity contribution in [2.24, 2.45) is 5.92 Å². The summed E-state index contributed by atoms with van der Waals surface area (Å²) in [6, 6.07) is 8.30. The van der Waals surface area contributed by atoms with Crippen LogP contribution in [0, 0.1) is 19.8 Å². The first kappa shape index (κ1) is 23.5. The molecule has 0 aromatic heterocycles. The Morgan fingerprint density at radius 3 is 2.73 bits per heavy atom. The van der Waals surface area contributed by atoms with Crippen LogP contribution >= 0.6 is 11.6 Å². The number of carbonyl (C=O) groups is 2. The molecule has 2 heterocycles. The van der Waals surface area contributed by atoms with E-state index in [0.717, 1.165) is 5.56 Å². The minimum absolute atomic E-state index is 0.0816. The van der Waals surface area contributed by atoms with Crippen LogP contribution in [-0.4, -0.2) is 43.7 Å². The van der Waals surface area contributed by atoms with E-state index < -0.39 is 22.0 Å². The molecule has 0 bridgehead atoms. The van der Waals surface area contributed by atoms with E-state index in [2.05, 4.69) is 10.6 Å².